The summed E-state index contributed by atoms with van der Waals surface area (Å²) >= 11 is 3.41. The predicted octanol–water partition coefficient (Wildman–Crippen LogP) is 4.95. The molecule has 0 aromatic heterocycles. The second-order valence-electron chi connectivity index (χ2n) is 6.69. The summed E-state index contributed by atoms with van der Waals surface area (Å²) in [6, 6.07) is 21.2. The Morgan fingerprint density at radius 3 is 2.23 bits per heavy atom. The Hall–Kier alpha value is -2.84. The van der Waals surface area contributed by atoms with Crippen molar-refractivity contribution in [3.05, 3.63) is 82.8 Å². The molecule has 3 rings (SSSR count). The van der Waals surface area contributed by atoms with Crippen LogP contribution in [0.2, 0.25) is 0 Å². The molecular formula is C22H21BrN2O4S. The normalized spacial score (nSPS) is 11.0. The molecule has 0 aliphatic rings. The Balaban J connectivity index is 1.74. The van der Waals surface area contributed by atoms with Crippen molar-refractivity contribution in [1.82, 2.24) is 0 Å². The number of carbonyl (C=O) groups excluding carboxylic acids is 1. The fourth-order valence-corrected chi connectivity index (χ4v) is 3.86. The van der Waals surface area contributed by atoms with E-state index >= 15 is 0 Å². The number of sulfonamides is 1. The molecule has 0 unspecified atom stereocenters. The van der Waals surface area contributed by atoms with Crippen molar-refractivity contribution in [1.29, 1.82) is 0 Å². The van der Waals surface area contributed by atoms with Crippen molar-refractivity contribution in [3.8, 4) is 11.5 Å². The highest BCUT2D eigenvalue weighted by Crippen LogP contribution is 2.26. The van der Waals surface area contributed by atoms with Gasteiger partial charge < -0.3 is 10.1 Å². The molecule has 0 radical (unpaired) electrons. The molecule has 0 spiro atoms. The fraction of sp³-hybridized carbons (Fsp3) is 0.136. The van der Waals surface area contributed by atoms with Gasteiger partial charge in [0.1, 0.15) is 18.0 Å². The molecule has 1 amide bonds. The highest BCUT2D eigenvalue weighted by atomic mass is 79.9. The molecule has 0 bridgehead atoms. The van der Waals surface area contributed by atoms with Crippen LogP contribution in [-0.4, -0.2) is 27.1 Å². The number of benzene rings is 3. The van der Waals surface area contributed by atoms with Crippen LogP contribution in [0.1, 0.15) is 5.56 Å². The van der Waals surface area contributed by atoms with Crippen molar-refractivity contribution in [2.24, 2.45) is 0 Å². The fourth-order valence-electron chi connectivity index (χ4n) is 2.76. The summed E-state index contributed by atoms with van der Waals surface area (Å²) in [6.45, 7) is 1.56. The van der Waals surface area contributed by atoms with Gasteiger partial charge in [-0.25, -0.2) is 8.42 Å². The van der Waals surface area contributed by atoms with E-state index in [1.54, 1.807) is 30.3 Å². The maximum Gasteiger partial charge on any atom is 0.245 e. The lowest BCUT2D eigenvalue weighted by Crippen LogP contribution is -2.37. The number of hydrogen-bond donors (Lipinski definition) is 1. The van der Waals surface area contributed by atoms with Crippen LogP contribution in [0.5, 0.6) is 11.5 Å². The standard InChI is InChI=1S/C22H21BrN2O4S/c1-16-14-17(8-13-21(16)23)24-22(26)15-25(30(2,27)28)18-9-11-20(12-10-18)29-19-6-4-3-5-7-19/h3-14H,15H2,1-2H3,(H,24,26). The molecule has 156 valence electrons. The SMILES string of the molecule is Cc1cc(NC(=O)CN(c2ccc(Oc3ccccc3)cc2)S(C)(=O)=O)ccc1Br. The van der Waals surface area contributed by atoms with Crippen LogP contribution in [0.3, 0.4) is 0 Å². The first kappa shape index (κ1) is 21.9. The molecular weight excluding hydrogens is 468 g/mol. The molecule has 0 aliphatic carbocycles. The lowest BCUT2D eigenvalue weighted by molar-refractivity contribution is -0.114. The minimum absolute atomic E-state index is 0.340. The summed E-state index contributed by atoms with van der Waals surface area (Å²) in [7, 11) is -3.67. The predicted molar refractivity (Wildman–Crippen MR) is 123 cm³/mol. The quantitative estimate of drug-likeness (QED) is 0.510. The summed E-state index contributed by atoms with van der Waals surface area (Å²) in [5.74, 6) is 0.800. The Morgan fingerprint density at radius 2 is 1.63 bits per heavy atom. The van der Waals surface area contributed by atoms with Gasteiger partial charge >= 0.3 is 0 Å². The number of amides is 1. The van der Waals surface area contributed by atoms with Gasteiger partial charge in [0.15, 0.2) is 0 Å². The zero-order valence-corrected chi connectivity index (χ0v) is 18.9. The number of aryl methyl sites for hydroxylation is 1. The average molecular weight is 489 g/mol. The number of halogens is 1. The molecule has 0 saturated heterocycles. The first-order chi connectivity index (χ1) is 14.2. The van der Waals surface area contributed by atoms with Gasteiger partial charge in [0.2, 0.25) is 15.9 Å². The molecule has 3 aromatic carbocycles. The Labute approximate surface area is 184 Å². The number of nitrogens with one attached hydrogen (secondary N) is 1. The third-order valence-corrected chi connectivity index (χ3v) is 6.26. The molecule has 6 nitrogen and oxygen atoms in total. The molecule has 8 heteroatoms. The van der Waals surface area contributed by atoms with Crippen LogP contribution in [-0.2, 0) is 14.8 Å². The van der Waals surface area contributed by atoms with Crippen LogP contribution in [0, 0.1) is 6.92 Å². The maximum atomic E-state index is 12.5. The van der Waals surface area contributed by atoms with E-state index in [1.165, 1.54) is 0 Å². The molecule has 3 aromatic rings. The smallest absolute Gasteiger partial charge is 0.245 e. The lowest BCUT2D eigenvalue weighted by Gasteiger charge is -2.22. The molecule has 0 saturated carbocycles. The summed E-state index contributed by atoms with van der Waals surface area (Å²) in [4.78, 5) is 12.5. The van der Waals surface area contributed by atoms with Crippen LogP contribution in [0.4, 0.5) is 11.4 Å². The van der Waals surface area contributed by atoms with E-state index in [4.69, 9.17) is 4.74 Å². The van der Waals surface area contributed by atoms with Crippen molar-refractivity contribution in [2.75, 3.05) is 22.4 Å². The van der Waals surface area contributed by atoms with Crippen LogP contribution in [0.15, 0.2) is 77.3 Å². The largest absolute Gasteiger partial charge is 0.457 e. The van der Waals surface area contributed by atoms with Gasteiger partial charge in [0, 0.05) is 10.2 Å². The molecule has 0 aliphatic heterocycles. The second kappa shape index (κ2) is 9.32. The number of ether oxygens (including phenoxy) is 1. The summed E-state index contributed by atoms with van der Waals surface area (Å²) in [5.41, 5.74) is 1.93. The van der Waals surface area contributed by atoms with E-state index in [1.807, 2.05) is 49.4 Å². The van der Waals surface area contributed by atoms with Gasteiger partial charge in [0.05, 0.1) is 11.9 Å². The number of anilines is 2. The van der Waals surface area contributed by atoms with Crippen LogP contribution >= 0.6 is 15.9 Å². The van der Waals surface area contributed by atoms with E-state index in [0.29, 0.717) is 22.9 Å². The Morgan fingerprint density at radius 1 is 1.00 bits per heavy atom. The van der Waals surface area contributed by atoms with Crippen LogP contribution < -0.4 is 14.4 Å². The lowest BCUT2D eigenvalue weighted by atomic mass is 10.2. The highest BCUT2D eigenvalue weighted by Gasteiger charge is 2.21. The molecule has 30 heavy (non-hydrogen) atoms. The zero-order valence-electron chi connectivity index (χ0n) is 16.5. The van der Waals surface area contributed by atoms with Gasteiger partial charge in [-0.15, -0.1) is 0 Å². The van der Waals surface area contributed by atoms with E-state index in [2.05, 4.69) is 21.2 Å². The van der Waals surface area contributed by atoms with Crippen molar-refractivity contribution in [3.63, 3.8) is 0 Å². The van der Waals surface area contributed by atoms with Gasteiger partial charge in [-0.05, 0) is 67.1 Å². The van der Waals surface area contributed by atoms with Gasteiger partial charge in [-0.3, -0.25) is 9.10 Å². The minimum atomic E-state index is -3.67. The maximum absolute atomic E-state index is 12.5. The van der Waals surface area contributed by atoms with Crippen molar-refractivity contribution >= 4 is 43.2 Å². The van der Waals surface area contributed by atoms with Crippen LogP contribution in [0.25, 0.3) is 0 Å². The molecule has 0 heterocycles. The van der Waals surface area contributed by atoms with Gasteiger partial charge in [-0.1, -0.05) is 34.1 Å². The summed E-state index contributed by atoms with van der Waals surface area (Å²) < 4.78 is 32.3. The number of carbonyl (C=O) groups is 1. The number of para-hydroxylation sites is 1. The minimum Gasteiger partial charge on any atom is -0.457 e. The molecule has 0 fully saturated rings. The number of rotatable bonds is 7. The highest BCUT2D eigenvalue weighted by molar-refractivity contribution is 9.10. The first-order valence-corrected chi connectivity index (χ1v) is 11.7. The van der Waals surface area contributed by atoms with Gasteiger partial charge in [-0.2, -0.15) is 0 Å². The number of hydrogen-bond acceptors (Lipinski definition) is 4. The first-order valence-electron chi connectivity index (χ1n) is 9.09. The van der Waals surface area contributed by atoms with E-state index in [9.17, 15) is 13.2 Å². The second-order valence-corrected chi connectivity index (χ2v) is 9.45. The van der Waals surface area contributed by atoms with E-state index in [0.717, 1.165) is 20.6 Å². The zero-order chi connectivity index (χ0) is 21.7. The summed E-state index contributed by atoms with van der Waals surface area (Å²) in [5, 5.41) is 2.74. The third-order valence-electron chi connectivity index (χ3n) is 4.23. The Kier molecular flexibility index (Phi) is 6.79. The van der Waals surface area contributed by atoms with Gasteiger partial charge in [0.25, 0.3) is 0 Å². The number of nitrogens with zero attached hydrogens (tertiary/aromatic N) is 1. The molecule has 0 atom stereocenters. The average Bonchev–Trinajstić information content (AvgIpc) is 2.70. The topological polar surface area (TPSA) is 75.7 Å². The van der Waals surface area contributed by atoms with Crippen molar-refractivity contribution < 1.29 is 17.9 Å². The third kappa shape index (κ3) is 5.84. The van der Waals surface area contributed by atoms with E-state index in [-0.39, 0.29) is 6.54 Å². The Bertz CT molecular complexity index is 1130. The monoisotopic (exact) mass is 488 g/mol. The van der Waals surface area contributed by atoms with Crippen molar-refractivity contribution in [2.45, 2.75) is 6.92 Å². The molecule has 1 N–H and O–H groups in total. The summed E-state index contributed by atoms with van der Waals surface area (Å²) in [6.07, 6.45) is 1.07. The van der Waals surface area contributed by atoms with E-state index < -0.39 is 15.9 Å².